The third-order valence-electron chi connectivity index (χ3n) is 3.05. The number of rotatable bonds is 6. The fourth-order valence-corrected chi connectivity index (χ4v) is 2.44. The topological polar surface area (TPSA) is 12.0 Å². The molecule has 0 aromatic heterocycles. The van der Waals surface area contributed by atoms with Gasteiger partial charge in [0.25, 0.3) is 0 Å². The molecule has 0 aliphatic rings. The molecule has 0 fully saturated rings. The van der Waals surface area contributed by atoms with Crippen LogP contribution in [0.5, 0.6) is 0 Å². The summed E-state index contributed by atoms with van der Waals surface area (Å²) in [6.07, 6.45) is 3.68. The first-order valence-electron chi connectivity index (χ1n) is 6.10. The lowest BCUT2D eigenvalue weighted by molar-refractivity contribution is 0.407. The van der Waals surface area contributed by atoms with Gasteiger partial charge in [0.2, 0.25) is 0 Å². The molecule has 1 aromatic carbocycles. The Balaban J connectivity index is 2.71. The maximum atomic E-state index is 6.22. The molecule has 0 amide bonds. The van der Waals surface area contributed by atoms with Gasteiger partial charge in [0.05, 0.1) is 0 Å². The zero-order valence-corrected chi connectivity index (χ0v) is 11.2. The highest BCUT2D eigenvalue weighted by atomic mass is 35.5. The van der Waals surface area contributed by atoms with Crippen molar-refractivity contribution < 1.29 is 0 Å². The van der Waals surface area contributed by atoms with E-state index >= 15 is 0 Å². The highest BCUT2D eigenvalue weighted by Crippen LogP contribution is 2.28. The van der Waals surface area contributed by atoms with Gasteiger partial charge in [-0.15, -0.1) is 0 Å². The summed E-state index contributed by atoms with van der Waals surface area (Å²) < 4.78 is 0. The van der Waals surface area contributed by atoms with Gasteiger partial charge >= 0.3 is 0 Å². The molecule has 1 aromatic rings. The number of benzene rings is 1. The van der Waals surface area contributed by atoms with Gasteiger partial charge in [0.15, 0.2) is 0 Å². The largest absolute Gasteiger partial charge is 0.313 e. The molecule has 1 rings (SSSR count). The van der Waals surface area contributed by atoms with Crippen molar-refractivity contribution in [2.24, 2.45) is 5.92 Å². The van der Waals surface area contributed by atoms with E-state index in [1.165, 1.54) is 18.4 Å². The smallest absolute Gasteiger partial charge is 0.0453 e. The summed E-state index contributed by atoms with van der Waals surface area (Å²) in [5.74, 6) is 0.735. The van der Waals surface area contributed by atoms with Crippen LogP contribution in [0.3, 0.4) is 0 Å². The molecule has 90 valence electrons. The molecule has 16 heavy (non-hydrogen) atoms. The van der Waals surface area contributed by atoms with Gasteiger partial charge in [0.1, 0.15) is 0 Å². The first-order chi connectivity index (χ1) is 7.69. The molecule has 0 aliphatic heterocycles. The molecule has 0 aliphatic carbocycles. The zero-order chi connectivity index (χ0) is 12.0. The van der Waals surface area contributed by atoms with E-state index in [4.69, 9.17) is 11.6 Å². The first-order valence-corrected chi connectivity index (χ1v) is 6.48. The summed E-state index contributed by atoms with van der Waals surface area (Å²) >= 11 is 6.22. The summed E-state index contributed by atoms with van der Waals surface area (Å²) in [5.41, 5.74) is 1.22. The normalized spacial score (nSPS) is 14.8. The second-order valence-electron chi connectivity index (χ2n) is 4.49. The lowest BCUT2D eigenvalue weighted by atomic mass is 9.93. The molecule has 1 N–H and O–H groups in total. The average Bonchev–Trinajstić information content (AvgIpc) is 2.27. The highest BCUT2D eigenvalue weighted by molar-refractivity contribution is 6.31. The molecule has 0 heterocycles. The van der Waals surface area contributed by atoms with E-state index in [-0.39, 0.29) is 0 Å². The summed E-state index contributed by atoms with van der Waals surface area (Å²) in [7, 11) is 2.01. The van der Waals surface area contributed by atoms with Crippen molar-refractivity contribution in [2.45, 2.75) is 39.2 Å². The van der Waals surface area contributed by atoms with Crippen LogP contribution in [0, 0.1) is 5.92 Å². The van der Waals surface area contributed by atoms with Gasteiger partial charge in [0, 0.05) is 11.1 Å². The van der Waals surface area contributed by atoms with Gasteiger partial charge in [-0.05, 0) is 31.0 Å². The Morgan fingerprint density at radius 3 is 2.56 bits per heavy atom. The average molecular weight is 240 g/mol. The van der Waals surface area contributed by atoms with Crippen molar-refractivity contribution in [1.82, 2.24) is 5.32 Å². The molecule has 0 bridgehead atoms. The van der Waals surface area contributed by atoms with E-state index in [1.807, 2.05) is 19.2 Å². The van der Waals surface area contributed by atoms with Gasteiger partial charge in [-0.1, -0.05) is 56.5 Å². The number of hydrogen-bond donors (Lipinski definition) is 1. The zero-order valence-electron chi connectivity index (χ0n) is 10.5. The monoisotopic (exact) mass is 239 g/mol. The van der Waals surface area contributed by atoms with Crippen molar-refractivity contribution in [3.05, 3.63) is 34.9 Å². The van der Waals surface area contributed by atoms with Crippen LogP contribution < -0.4 is 5.32 Å². The number of hydrogen-bond acceptors (Lipinski definition) is 1. The fourth-order valence-electron chi connectivity index (χ4n) is 2.17. The highest BCUT2D eigenvalue weighted by Gasteiger charge is 2.15. The molecule has 1 nitrogen and oxygen atoms in total. The Kier molecular flexibility index (Phi) is 5.86. The maximum Gasteiger partial charge on any atom is 0.0453 e. The van der Waals surface area contributed by atoms with Crippen LogP contribution in [0.15, 0.2) is 24.3 Å². The molecule has 0 saturated carbocycles. The lowest BCUT2D eigenvalue weighted by Crippen LogP contribution is -2.19. The molecule has 0 saturated heterocycles. The predicted molar refractivity (Wildman–Crippen MR) is 71.9 cm³/mol. The minimum absolute atomic E-state index is 0.371. The summed E-state index contributed by atoms with van der Waals surface area (Å²) in [4.78, 5) is 0. The number of halogens is 1. The quantitative estimate of drug-likeness (QED) is 0.775. The molecule has 2 atom stereocenters. The summed E-state index contributed by atoms with van der Waals surface area (Å²) in [6, 6.07) is 8.48. The molecular weight excluding hydrogens is 218 g/mol. The minimum atomic E-state index is 0.371. The minimum Gasteiger partial charge on any atom is -0.313 e. The Bertz CT molecular complexity index is 311. The fraction of sp³-hybridized carbons (Fsp3) is 0.571. The van der Waals surface area contributed by atoms with Crippen LogP contribution in [0.25, 0.3) is 0 Å². The SMILES string of the molecule is CCCC(C)CC(NC)c1ccccc1Cl. The van der Waals surface area contributed by atoms with Crippen molar-refractivity contribution in [1.29, 1.82) is 0 Å². The first kappa shape index (κ1) is 13.5. The van der Waals surface area contributed by atoms with Crippen LogP contribution >= 0.6 is 11.6 Å². The molecule has 2 unspecified atom stereocenters. The van der Waals surface area contributed by atoms with Crippen LogP contribution in [0.2, 0.25) is 5.02 Å². The third kappa shape index (κ3) is 3.80. The van der Waals surface area contributed by atoms with E-state index in [9.17, 15) is 0 Å². The Morgan fingerprint density at radius 2 is 2.00 bits per heavy atom. The predicted octanol–water partition coefficient (Wildman–Crippen LogP) is 4.43. The Morgan fingerprint density at radius 1 is 1.31 bits per heavy atom. The van der Waals surface area contributed by atoms with Crippen molar-refractivity contribution >= 4 is 11.6 Å². The third-order valence-corrected chi connectivity index (χ3v) is 3.39. The van der Waals surface area contributed by atoms with Crippen LogP contribution in [0.1, 0.15) is 44.7 Å². The van der Waals surface area contributed by atoms with E-state index in [2.05, 4.69) is 31.3 Å². The Labute approximate surface area is 104 Å². The second kappa shape index (κ2) is 6.93. The van der Waals surface area contributed by atoms with Crippen molar-refractivity contribution in [2.75, 3.05) is 7.05 Å². The van der Waals surface area contributed by atoms with Crippen molar-refractivity contribution in [3.63, 3.8) is 0 Å². The van der Waals surface area contributed by atoms with E-state index in [0.29, 0.717) is 6.04 Å². The van der Waals surface area contributed by atoms with Gasteiger partial charge in [-0.25, -0.2) is 0 Å². The molecule has 2 heteroatoms. The second-order valence-corrected chi connectivity index (χ2v) is 4.90. The van der Waals surface area contributed by atoms with Crippen molar-refractivity contribution in [3.8, 4) is 0 Å². The van der Waals surface area contributed by atoms with E-state index in [0.717, 1.165) is 17.4 Å². The van der Waals surface area contributed by atoms with E-state index in [1.54, 1.807) is 0 Å². The van der Waals surface area contributed by atoms with Gasteiger partial charge in [-0.2, -0.15) is 0 Å². The Hall–Kier alpha value is -0.530. The molecule has 0 spiro atoms. The summed E-state index contributed by atoms with van der Waals surface area (Å²) in [5, 5.41) is 4.23. The lowest BCUT2D eigenvalue weighted by Gasteiger charge is -2.21. The van der Waals surface area contributed by atoms with E-state index < -0.39 is 0 Å². The molecular formula is C14H22ClN. The summed E-state index contributed by atoms with van der Waals surface area (Å²) in [6.45, 7) is 4.55. The van der Waals surface area contributed by atoms with Crippen LogP contribution in [-0.2, 0) is 0 Å². The van der Waals surface area contributed by atoms with Gasteiger partial charge in [-0.3, -0.25) is 0 Å². The standard InChI is InChI=1S/C14H22ClN/c1-4-7-11(2)10-14(16-3)12-8-5-6-9-13(12)15/h5-6,8-9,11,14,16H,4,7,10H2,1-3H3. The molecule has 0 radical (unpaired) electrons. The van der Waals surface area contributed by atoms with Gasteiger partial charge < -0.3 is 5.32 Å². The number of nitrogens with one attached hydrogen (secondary N) is 1. The maximum absolute atomic E-state index is 6.22. The van der Waals surface area contributed by atoms with Crippen LogP contribution in [-0.4, -0.2) is 7.05 Å². The van der Waals surface area contributed by atoms with Crippen LogP contribution in [0.4, 0.5) is 0 Å².